The summed E-state index contributed by atoms with van der Waals surface area (Å²) in [4.78, 5) is 2.38. The minimum atomic E-state index is 0.167. The molecule has 1 fully saturated rings. The number of phenols is 1. The fourth-order valence-electron chi connectivity index (χ4n) is 3.27. The molecule has 2 N–H and O–H groups in total. The highest BCUT2D eigenvalue weighted by Gasteiger charge is 2.20. The number of hydrogen-bond acceptors (Lipinski definition) is 3. The van der Waals surface area contributed by atoms with Gasteiger partial charge in [-0.05, 0) is 44.8 Å². The molecule has 0 spiro atoms. The molecule has 1 aliphatic rings. The van der Waals surface area contributed by atoms with E-state index >= 15 is 0 Å². The second-order valence-electron chi connectivity index (χ2n) is 6.27. The maximum Gasteiger partial charge on any atom is 0.128 e. The van der Waals surface area contributed by atoms with Gasteiger partial charge in [0.25, 0.3) is 0 Å². The van der Waals surface area contributed by atoms with Crippen LogP contribution in [0.1, 0.15) is 24.9 Å². The van der Waals surface area contributed by atoms with E-state index in [1.54, 1.807) is 0 Å². The Morgan fingerprint density at radius 1 is 1.29 bits per heavy atom. The van der Waals surface area contributed by atoms with Gasteiger partial charge >= 0.3 is 0 Å². The molecule has 0 amide bonds. The minimum absolute atomic E-state index is 0.167. The van der Waals surface area contributed by atoms with Gasteiger partial charge < -0.3 is 15.3 Å². The molecule has 0 bridgehead atoms. The van der Waals surface area contributed by atoms with Crippen molar-refractivity contribution in [3.8, 4) is 5.75 Å². The summed E-state index contributed by atoms with van der Waals surface area (Å²) in [6, 6.07) is 12.3. The van der Waals surface area contributed by atoms with Crippen LogP contribution in [0.15, 0.2) is 36.4 Å². The SMILES string of the molecule is CC(NCC1CCN(C)C1)c1ccc2ccccc2c1O. The monoisotopic (exact) mass is 284 g/mol. The van der Waals surface area contributed by atoms with E-state index in [2.05, 4.69) is 30.3 Å². The van der Waals surface area contributed by atoms with Gasteiger partial charge in [0.05, 0.1) is 0 Å². The Morgan fingerprint density at radius 2 is 2.10 bits per heavy atom. The summed E-state index contributed by atoms with van der Waals surface area (Å²) in [5.41, 5.74) is 0.986. The smallest absolute Gasteiger partial charge is 0.128 e. The highest BCUT2D eigenvalue weighted by atomic mass is 16.3. The van der Waals surface area contributed by atoms with Crippen LogP contribution in [0.25, 0.3) is 10.8 Å². The molecule has 3 nitrogen and oxygen atoms in total. The van der Waals surface area contributed by atoms with Crippen LogP contribution in [0, 0.1) is 5.92 Å². The lowest BCUT2D eigenvalue weighted by atomic mass is 10.0. The highest BCUT2D eigenvalue weighted by molar-refractivity contribution is 5.89. The minimum Gasteiger partial charge on any atom is -0.507 e. The number of likely N-dealkylation sites (tertiary alicyclic amines) is 1. The Labute approximate surface area is 126 Å². The summed E-state index contributed by atoms with van der Waals surface area (Å²) in [6.07, 6.45) is 1.26. The summed E-state index contributed by atoms with van der Waals surface area (Å²) in [5, 5.41) is 16.1. The molecular formula is C18H24N2O. The molecule has 1 heterocycles. The molecule has 1 aliphatic heterocycles. The van der Waals surface area contributed by atoms with Gasteiger partial charge in [-0.2, -0.15) is 0 Å². The van der Waals surface area contributed by atoms with Crippen molar-refractivity contribution in [3.05, 3.63) is 42.0 Å². The van der Waals surface area contributed by atoms with Gasteiger partial charge in [-0.15, -0.1) is 0 Å². The lowest BCUT2D eigenvalue weighted by molar-refractivity contribution is 0.380. The van der Waals surface area contributed by atoms with Crippen molar-refractivity contribution in [1.82, 2.24) is 10.2 Å². The van der Waals surface area contributed by atoms with Crippen molar-refractivity contribution in [2.24, 2.45) is 5.92 Å². The van der Waals surface area contributed by atoms with Gasteiger partial charge in [-0.3, -0.25) is 0 Å². The van der Waals surface area contributed by atoms with E-state index in [9.17, 15) is 5.11 Å². The maximum absolute atomic E-state index is 10.5. The summed E-state index contributed by atoms with van der Waals surface area (Å²) in [5.74, 6) is 1.14. The van der Waals surface area contributed by atoms with Crippen molar-refractivity contribution < 1.29 is 5.11 Å². The maximum atomic E-state index is 10.5. The summed E-state index contributed by atoms with van der Waals surface area (Å²) < 4.78 is 0. The molecular weight excluding hydrogens is 260 g/mol. The number of phenolic OH excluding ortho intramolecular Hbond substituents is 1. The Hall–Kier alpha value is -1.58. The molecule has 2 aromatic carbocycles. The van der Waals surface area contributed by atoms with Gasteiger partial charge in [0.15, 0.2) is 0 Å². The van der Waals surface area contributed by atoms with Crippen molar-refractivity contribution in [2.45, 2.75) is 19.4 Å². The number of nitrogens with zero attached hydrogens (tertiary/aromatic N) is 1. The third-order valence-electron chi connectivity index (χ3n) is 4.60. The number of nitrogens with one attached hydrogen (secondary N) is 1. The number of rotatable bonds is 4. The molecule has 112 valence electrons. The van der Waals surface area contributed by atoms with Crippen molar-refractivity contribution in [3.63, 3.8) is 0 Å². The van der Waals surface area contributed by atoms with Gasteiger partial charge in [-0.1, -0.05) is 36.4 Å². The molecule has 2 aromatic rings. The molecule has 0 aliphatic carbocycles. The molecule has 1 saturated heterocycles. The van der Waals surface area contributed by atoms with E-state index < -0.39 is 0 Å². The van der Waals surface area contributed by atoms with Crippen molar-refractivity contribution >= 4 is 10.8 Å². The number of aromatic hydroxyl groups is 1. The van der Waals surface area contributed by atoms with Crippen LogP contribution >= 0.6 is 0 Å². The van der Waals surface area contributed by atoms with Gasteiger partial charge in [0.1, 0.15) is 5.75 Å². The summed E-state index contributed by atoms with van der Waals surface area (Å²) in [6.45, 7) is 5.51. The number of fused-ring (bicyclic) bond motifs is 1. The van der Waals surface area contributed by atoms with Gasteiger partial charge in [-0.25, -0.2) is 0 Å². The zero-order chi connectivity index (χ0) is 14.8. The van der Waals surface area contributed by atoms with Crippen molar-refractivity contribution in [1.29, 1.82) is 0 Å². The lowest BCUT2D eigenvalue weighted by Gasteiger charge is -2.19. The van der Waals surface area contributed by atoms with E-state index in [-0.39, 0.29) is 6.04 Å². The summed E-state index contributed by atoms with van der Waals surface area (Å²) in [7, 11) is 2.18. The molecule has 0 radical (unpaired) electrons. The second-order valence-corrected chi connectivity index (χ2v) is 6.27. The molecule has 2 unspecified atom stereocenters. The average Bonchev–Trinajstić information content (AvgIpc) is 2.91. The third kappa shape index (κ3) is 3.04. The largest absolute Gasteiger partial charge is 0.507 e. The fourth-order valence-corrected chi connectivity index (χ4v) is 3.27. The first-order valence-corrected chi connectivity index (χ1v) is 7.77. The van der Waals surface area contributed by atoms with Crippen LogP contribution in [-0.2, 0) is 0 Å². The van der Waals surface area contributed by atoms with Crippen LogP contribution in [-0.4, -0.2) is 36.7 Å². The number of hydrogen-bond donors (Lipinski definition) is 2. The van der Waals surface area contributed by atoms with Gasteiger partial charge in [0.2, 0.25) is 0 Å². The average molecular weight is 284 g/mol. The van der Waals surface area contributed by atoms with E-state index in [0.29, 0.717) is 5.75 Å². The van der Waals surface area contributed by atoms with E-state index in [0.717, 1.165) is 28.8 Å². The molecule has 3 heteroatoms. The highest BCUT2D eigenvalue weighted by Crippen LogP contribution is 2.32. The Morgan fingerprint density at radius 3 is 2.86 bits per heavy atom. The van der Waals surface area contributed by atoms with Crippen molar-refractivity contribution in [2.75, 3.05) is 26.7 Å². The second kappa shape index (κ2) is 6.04. The van der Waals surface area contributed by atoms with Crippen LogP contribution < -0.4 is 5.32 Å². The quantitative estimate of drug-likeness (QED) is 0.905. The van der Waals surface area contributed by atoms with Gasteiger partial charge in [0, 0.05) is 23.5 Å². The fraction of sp³-hybridized carbons (Fsp3) is 0.444. The lowest BCUT2D eigenvalue weighted by Crippen LogP contribution is -2.27. The van der Waals surface area contributed by atoms with E-state index in [4.69, 9.17) is 0 Å². The molecule has 2 atom stereocenters. The van der Waals surface area contributed by atoms with Crippen LogP contribution in [0.4, 0.5) is 0 Å². The van der Waals surface area contributed by atoms with E-state index in [1.165, 1.54) is 19.5 Å². The Bertz CT molecular complexity index is 626. The predicted molar refractivity (Wildman–Crippen MR) is 87.6 cm³/mol. The topological polar surface area (TPSA) is 35.5 Å². The third-order valence-corrected chi connectivity index (χ3v) is 4.60. The first kappa shape index (κ1) is 14.4. The first-order chi connectivity index (χ1) is 10.1. The molecule has 0 aromatic heterocycles. The predicted octanol–water partition coefficient (Wildman–Crippen LogP) is 3.15. The summed E-state index contributed by atoms with van der Waals surface area (Å²) >= 11 is 0. The van der Waals surface area contributed by atoms with Crippen LogP contribution in [0.3, 0.4) is 0 Å². The zero-order valence-corrected chi connectivity index (χ0v) is 12.8. The Balaban J connectivity index is 1.72. The van der Waals surface area contributed by atoms with E-state index in [1.807, 2.05) is 30.3 Å². The van der Waals surface area contributed by atoms with Crippen LogP contribution in [0.2, 0.25) is 0 Å². The number of benzene rings is 2. The zero-order valence-electron chi connectivity index (χ0n) is 12.8. The normalized spacial score (nSPS) is 21.0. The molecule has 3 rings (SSSR count). The molecule has 21 heavy (non-hydrogen) atoms. The Kier molecular flexibility index (Phi) is 4.13. The van der Waals surface area contributed by atoms with Crippen LogP contribution in [0.5, 0.6) is 5.75 Å². The standard InChI is InChI=1S/C18H24N2O/c1-13(19-11-14-9-10-20(2)12-14)16-8-7-15-5-3-4-6-17(15)18(16)21/h3-8,13-14,19,21H,9-12H2,1-2H3. The molecule has 0 saturated carbocycles. The first-order valence-electron chi connectivity index (χ1n) is 7.77.